The van der Waals surface area contributed by atoms with Gasteiger partial charge in [-0.25, -0.2) is 18.7 Å². The molecule has 1 unspecified atom stereocenters. The number of alkyl halides is 5. The van der Waals surface area contributed by atoms with Crippen LogP contribution in [0, 0.1) is 11.3 Å². The predicted octanol–water partition coefficient (Wildman–Crippen LogP) is 3.45. The zero-order valence-corrected chi connectivity index (χ0v) is 18.9. The number of hydrogen-bond donors (Lipinski definition) is 3. The van der Waals surface area contributed by atoms with Crippen LogP contribution in [0.4, 0.5) is 27.9 Å². The quantitative estimate of drug-likeness (QED) is 0.400. The summed E-state index contributed by atoms with van der Waals surface area (Å²) < 4.78 is 67.1. The highest BCUT2D eigenvalue weighted by Gasteiger charge is 2.46. The molecule has 0 saturated carbocycles. The van der Waals surface area contributed by atoms with Gasteiger partial charge in [0.2, 0.25) is 5.95 Å². The van der Waals surface area contributed by atoms with E-state index in [0.717, 1.165) is 4.90 Å². The number of carbonyl (C=O) groups is 1. The Morgan fingerprint density at radius 3 is 2.54 bits per heavy atom. The van der Waals surface area contributed by atoms with Crippen LogP contribution in [-0.2, 0) is 11.0 Å². The number of likely N-dealkylation sites (tertiary alicyclic amines) is 1. The molecule has 1 amide bonds. The van der Waals surface area contributed by atoms with Gasteiger partial charge in [-0.2, -0.15) is 13.2 Å². The number of nitrogens with one attached hydrogen (secondary N) is 3. The van der Waals surface area contributed by atoms with Crippen LogP contribution < -0.4 is 10.6 Å². The van der Waals surface area contributed by atoms with E-state index >= 15 is 0 Å². The maximum atomic E-state index is 14.4. The molecule has 13 heteroatoms. The average Bonchev–Trinajstić information content (AvgIpc) is 2.80. The summed E-state index contributed by atoms with van der Waals surface area (Å²) in [5, 5.41) is 13.9. The van der Waals surface area contributed by atoms with E-state index in [1.54, 1.807) is 26.1 Å². The third-order valence-corrected chi connectivity index (χ3v) is 5.53. The van der Waals surface area contributed by atoms with Crippen molar-refractivity contribution in [3.63, 3.8) is 0 Å². The Balaban J connectivity index is 1.83. The molecule has 3 heterocycles. The van der Waals surface area contributed by atoms with Crippen molar-refractivity contribution in [2.24, 2.45) is 5.92 Å². The van der Waals surface area contributed by atoms with Gasteiger partial charge in [0.15, 0.2) is 0 Å². The van der Waals surface area contributed by atoms with E-state index in [2.05, 4.69) is 25.6 Å². The Hall–Kier alpha value is -3.64. The van der Waals surface area contributed by atoms with Crippen molar-refractivity contribution in [1.82, 2.24) is 25.2 Å². The van der Waals surface area contributed by atoms with Crippen LogP contribution in [0.1, 0.15) is 24.5 Å². The second kappa shape index (κ2) is 10.3. The minimum atomic E-state index is -4.60. The summed E-state index contributed by atoms with van der Waals surface area (Å²) >= 11 is 0. The van der Waals surface area contributed by atoms with Gasteiger partial charge in [0.05, 0.1) is 18.2 Å². The SMILES string of the molecule is CN/C=C(\C(=N)C(=O)N1CC(F)(F)C[C@@H](C)C1CNc1ncc(C(F)(F)F)cn1)c1cccnc1. The van der Waals surface area contributed by atoms with Crippen LogP contribution in [-0.4, -0.2) is 63.6 Å². The molecule has 0 aliphatic carbocycles. The van der Waals surface area contributed by atoms with Gasteiger partial charge in [0, 0.05) is 62.1 Å². The van der Waals surface area contributed by atoms with E-state index in [9.17, 15) is 26.7 Å². The fraction of sp³-hybridized carbons (Fsp3) is 0.409. The normalized spacial score (nSPS) is 20.3. The molecule has 8 nitrogen and oxygen atoms in total. The fourth-order valence-electron chi connectivity index (χ4n) is 3.87. The molecular weight excluding hydrogens is 473 g/mol. The van der Waals surface area contributed by atoms with E-state index in [1.807, 2.05) is 0 Å². The lowest BCUT2D eigenvalue weighted by atomic mass is 9.87. The van der Waals surface area contributed by atoms with Crippen LogP contribution >= 0.6 is 0 Å². The third-order valence-electron chi connectivity index (χ3n) is 5.53. The molecule has 0 bridgehead atoms. The number of amides is 1. The molecule has 2 aromatic rings. The van der Waals surface area contributed by atoms with Crippen molar-refractivity contribution in [3.05, 3.63) is 54.2 Å². The van der Waals surface area contributed by atoms with Crippen molar-refractivity contribution in [2.75, 3.05) is 25.5 Å². The molecule has 3 rings (SSSR count). The topological polar surface area (TPSA) is 107 Å². The molecule has 3 N–H and O–H groups in total. The van der Waals surface area contributed by atoms with Crippen LogP contribution in [0.25, 0.3) is 5.57 Å². The molecule has 35 heavy (non-hydrogen) atoms. The van der Waals surface area contributed by atoms with E-state index in [-0.39, 0.29) is 18.1 Å². The van der Waals surface area contributed by atoms with Crippen molar-refractivity contribution in [3.8, 4) is 0 Å². The standard InChI is InChI=1S/C22H24F5N7O/c1-13-6-21(23,24)12-34(17(13)11-33-20-31-8-15(9-32-20)22(25,26)27)19(35)18(28)16(10-29-2)14-4-3-5-30-7-14/h3-5,7-10,13,17,28-29H,6,11-12H2,1-2H3,(H,31,32,33)/b16-10-,28-18?/t13-,17?/m1/s1. The van der Waals surface area contributed by atoms with E-state index in [1.165, 1.54) is 18.6 Å². The summed E-state index contributed by atoms with van der Waals surface area (Å²) in [5.74, 6) is -4.91. The van der Waals surface area contributed by atoms with Crippen LogP contribution in [0.5, 0.6) is 0 Å². The van der Waals surface area contributed by atoms with Gasteiger partial charge < -0.3 is 15.5 Å². The zero-order chi connectivity index (χ0) is 25.8. The van der Waals surface area contributed by atoms with Gasteiger partial charge in [0.1, 0.15) is 5.71 Å². The first-order valence-corrected chi connectivity index (χ1v) is 10.6. The van der Waals surface area contributed by atoms with Gasteiger partial charge in [-0.05, 0) is 12.0 Å². The van der Waals surface area contributed by atoms with Crippen molar-refractivity contribution < 1.29 is 26.7 Å². The lowest BCUT2D eigenvalue weighted by Crippen LogP contribution is -2.58. The highest BCUT2D eigenvalue weighted by molar-refractivity contribution is 6.54. The molecule has 0 aromatic carbocycles. The summed E-state index contributed by atoms with van der Waals surface area (Å²) in [6.07, 6.45) is 0.490. The number of anilines is 1. The lowest BCUT2D eigenvalue weighted by Gasteiger charge is -2.43. The maximum Gasteiger partial charge on any atom is 0.419 e. The highest BCUT2D eigenvalue weighted by atomic mass is 19.4. The van der Waals surface area contributed by atoms with Crippen molar-refractivity contribution in [1.29, 1.82) is 5.41 Å². The van der Waals surface area contributed by atoms with Crippen LogP contribution in [0.3, 0.4) is 0 Å². The molecule has 1 saturated heterocycles. The Bertz CT molecular complexity index is 1070. The predicted molar refractivity (Wildman–Crippen MR) is 119 cm³/mol. The first kappa shape index (κ1) is 26.0. The third kappa shape index (κ3) is 6.28. The van der Waals surface area contributed by atoms with Gasteiger partial charge in [-0.1, -0.05) is 13.0 Å². The first-order valence-electron chi connectivity index (χ1n) is 10.6. The highest BCUT2D eigenvalue weighted by Crippen LogP contribution is 2.35. The Kier molecular flexibility index (Phi) is 7.66. The number of nitrogens with zero attached hydrogens (tertiary/aromatic N) is 4. The number of pyridine rings is 1. The lowest BCUT2D eigenvalue weighted by molar-refractivity contribution is -0.145. The molecule has 0 spiro atoms. The number of aromatic nitrogens is 3. The summed E-state index contributed by atoms with van der Waals surface area (Å²) in [6, 6.07) is 2.45. The summed E-state index contributed by atoms with van der Waals surface area (Å²) in [5.41, 5.74) is -0.916. The van der Waals surface area contributed by atoms with E-state index < -0.39 is 54.2 Å². The van der Waals surface area contributed by atoms with E-state index in [4.69, 9.17) is 5.41 Å². The second-order valence-electron chi connectivity index (χ2n) is 8.18. The van der Waals surface area contributed by atoms with E-state index in [0.29, 0.717) is 18.0 Å². The number of halogens is 5. The van der Waals surface area contributed by atoms with Gasteiger partial charge in [-0.3, -0.25) is 15.2 Å². The largest absolute Gasteiger partial charge is 0.419 e. The molecule has 1 aliphatic rings. The van der Waals surface area contributed by atoms with Crippen LogP contribution in [0.2, 0.25) is 0 Å². The van der Waals surface area contributed by atoms with Crippen molar-refractivity contribution >= 4 is 23.1 Å². The average molecular weight is 497 g/mol. The van der Waals surface area contributed by atoms with Gasteiger partial charge >= 0.3 is 6.18 Å². The van der Waals surface area contributed by atoms with Gasteiger partial charge in [0.25, 0.3) is 11.8 Å². The Morgan fingerprint density at radius 2 is 1.97 bits per heavy atom. The molecule has 0 radical (unpaired) electrons. The summed E-state index contributed by atoms with van der Waals surface area (Å²) in [7, 11) is 1.57. The molecule has 188 valence electrons. The number of piperidine rings is 1. The molecule has 1 fully saturated rings. The molecular formula is C22H24F5N7O. The Morgan fingerprint density at radius 1 is 1.29 bits per heavy atom. The minimum Gasteiger partial charge on any atom is -0.393 e. The summed E-state index contributed by atoms with van der Waals surface area (Å²) in [6.45, 7) is 0.542. The first-order chi connectivity index (χ1) is 16.4. The second-order valence-corrected chi connectivity index (χ2v) is 8.18. The zero-order valence-electron chi connectivity index (χ0n) is 18.9. The van der Waals surface area contributed by atoms with Crippen molar-refractivity contribution in [2.45, 2.75) is 31.5 Å². The molecule has 1 aliphatic heterocycles. The molecule has 2 aromatic heterocycles. The van der Waals surface area contributed by atoms with Gasteiger partial charge in [-0.15, -0.1) is 0 Å². The minimum absolute atomic E-state index is 0.0976. The monoisotopic (exact) mass is 497 g/mol. The molecule has 2 atom stereocenters. The summed E-state index contributed by atoms with van der Waals surface area (Å²) in [4.78, 5) is 25.4. The smallest absolute Gasteiger partial charge is 0.393 e. The number of carbonyl (C=O) groups excluding carboxylic acids is 1. The Labute approximate surface area is 198 Å². The number of hydrogen-bond acceptors (Lipinski definition) is 7. The fourth-order valence-corrected chi connectivity index (χ4v) is 3.87. The van der Waals surface area contributed by atoms with Crippen LogP contribution in [0.15, 0.2) is 43.1 Å². The maximum absolute atomic E-state index is 14.4. The number of rotatable bonds is 7.